The van der Waals surface area contributed by atoms with Crippen LogP contribution in [0.25, 0.3) is 0 Å². The third-order valence-corrected chi connectivity index (χ3v) is 4.81. The van der Waals surface area contributed by atoms with Gasteiger partial charge in [-0.2, -0.15) is 4.98 Å². The predicted octanol–water partition coefficient (Wildman–Crippen LogP) is 0.744. The molecule has 0 unspecified atom stereocenters. The summed E-state index contributed by atoms with van der Waals surface area (Å²) in [5.74, 6) is -0.970. The molecule has 9 nitrogen and oxygen atoms in total. The van der Waals surface area contributed by atoms with Gasteiger partial charge in [0.05, 0.1) is 9.30 Å². The number of alkyl halides is 1. The van der Waals surface area contributed by atoms with E-state index in [1.807, 2.05) is 0 Å². The number of aromatic nitrogens is 2. The Morgan fingerprint density at radius 3 is 2.67 bits per heavy atom. The van der Waals surface area contributed by atoms with Gasteiger partial charge in [0.1, 0.15) is 24.6 Å². The molecule has 0 radical (unpaired) electrons. The van der Waals surface area contributed by atoms with Crippen LogP contribution in [0.2, 0.25) is 0 Å². The molecule has 0 aliphatic carbocycles. The van der Waals surface area contributed by atoms with Crippen LogP contribution in [0.1, 0.15) is 20.1 Å². The normalized spacial score (nSPS) is 26.2. The lowest BCUT2D eigenvalue weighted by Gasteiger charge is -2.19. The number of anilines is 1. The van der Waals surface area contributed by atoms with Crippen LogP contribution in [-0.2, 0) is 23.8 Å². The highest BCUT2D eigenvalue weighted by Crippen LogP contribution is 2.36. The Kier molecular flexibility index (Phi) is 5.99. The van der Waals surface area contributed by atoms with Gasteiger partial charge in [0.2, 0.25) is 0 Å². The van der Waals surface area contributed by atoms with E-state index in [1.165, 1.54) is 24.6 Å². The van der Waals surface area contributed by atoms with Crippen molar-refractivity contribution in [3.8, 4) is 0 Å². The summed E-state index contributed by atoms with van der Waals surface area (Å²) in [7, 11) is 0. The van der Waals surface area contributed by atoms with E-state index in [9.17, 15) is 14.4 Å². The van der Waals surface area contributed by atoms with E-state index in [4.69, 9.17) is 19.9 Å². The number of nitrogens with two attached hydrogens (primary N) is 1. The van der Waals surface area contributed by atoms with Gasteiger partial charge in [0.25, 0.3) is 0 Å². The first-order chi connectivity index (χ1) is 11.2. The van der Waals surface area contributed by atoms with Crippen LogP contribution in [0, 0.1) is 0 Å². The first-order valence-corrected chi connectivity index (χ1v) is 8.56. The van der Waals surface area contributed by atoms with Crippen LogP contribution < -0.4 is 11.4 Å². The van der Waals surface area contributed by atoms with Crippen molar-refractivity contribution < 1.29 is 23.8 Å². The minimum Gasteiger partial charge on any atom is -0.463 e. The number of ether oxygens (including phenoxy) is 3. The first kappa shape index (κ1) is 18.9. The fourth-order valence-electron chi connectivity index (χ4n) is 2.22. The smallest absolute Gasteiger partial charge is 0.351 e. The number of nitrogens with zero attached hydrogens (tertiary/aromatic N) is 2. The maximum atomic E-state index is 12.1. The monoisotopic (exact) mass is 467 g/mol. The summed E-state index contributed by atoms with van der Waals surface area (Å²) in [4.78, 5) is 37.5. The second-order valence-corrected chi connectivity index (χ2v) is 6.96. The van der Waals surface area contributed by atoms with Crippen LogP contribution in [0.3, 0.4) is 0 Å². The molecule has 11 heteroatoms. The van der Waals surface area contributed by atoms with Crippen molar-refractivity contribution in [2.24, 2.45) is 0 Å². The molecule has 0 saturated carbocycles. The highest BCUT2D eigenvalue weighted by molar-refractivity contribution is 9.10. The highest BCUT2D eigenvalue weighted by atomic mass is 79.9. The largest absolute Gasteiger partial charge is 0.463 e. The van der Waals surface area contributed by atoms with Crippen LogP contribution in [0.4, 0.5) is 5.82 Å². The molecule has 0 spiro atoms. The minimum absolute atomic E-state index is 0.0494. The van der Waals surface area contributed by atoms with Crippen molar-refractivity contribution in [2.45, 2.75) is 37.1 Å². The molecular formula is C13H15Br2N3O6. The molecule has 2 N–H and O–H groups in total. The Morgan fingerprint density at radius 1 is 1.42 bits per heavy atom. The summed E-state index contributed by atoms with van der Waals surface area (Å²) in [6.07, 6.45) is -0.889. The summed E-state index contributed by atoms with van der Waals surface area (Å²) >= 11 is 6.58. The molecule has 2 rings (SSSR count). The quantitative estimate of drug-likeness (QED) is 0.507. The summed E-state index contributed by atoms with van der Waals surface area (Å²) < 4.78 is 17.6. The second kappa shape index (κ2) is 7.62. The number of hydrogen-bond donors (Lipinski definition) is 1. The summed E-state index contributed by atoms with van der Waals surface area (Å²) in [6.45, 7) is 2.39. The van der Waals surface area contributed by atoms with Gasteiger partial charge in [-0.3, -0.25) is 14.2 Å². The van der Waals surface area contributed by atoms with Crippen molar-refractivity contribution in [3.63, 3.8) is 0 Å². The third kappa shape index (κ3) is 4.14. The van der Waals surface area contributed by atoms with E-state index in [1.54, 1.807) is 0 Å². The van der Waals surface area contributed by atoms with Crippen molar-refractivity contribution >= 4 is 49.6 Å². The lowest BCUT2D eigenvalue weighted by atomic mass is 10.2. The summed E-state index contributed by atoms with van der Waals surface area (Å²) in [5.41, 5.74) is 4.95. The van der Waals surface area contributed by atoms with Gasteiger partial charge in [-0.05, 0) is 15.9 Å². The summed E-state index contributed by atoms with van der Waals surface area (Å²) in [6, 6.07) is 0. The van der Waals surface area contributed by atoms with Crippen molar-refractivity contribution in [1.82, 2.24) is 9.55 Å². The minimum atomic E-state index is -0.827. The molecule has 1 fully saturated rings. The number of carbonyl (C=O) groups is 2. The zero-order chi connectivity index (χ0) is 18.0. The molecule has 2 heterocycles. The fourth-order valence-corrected chi connectivity index (χ4v) is 3.36. The Bertz CT molecular complexity index is 709. The van der Waals surface area contributed by atoms with Crippen LogP contribution in [0.15, 0.2) is 15.5 Å². The number of hydrogen-bond acceptors (Lipinski definition) is 8. The van der Waals surface area contributed by atoms with Crippen molar-refractivity contribution in [1.29, 1.82) is 0 Å². The lowest BCUT2D eigenvalue weighted by Crippen LogP contribution is -2.36. The first-order valence-electron chi connectivity index (χ1n) is 6.85. The average molecular weight is 469 g/mol. The van der Waals surface area contributed by atoms with Gasteiger partial charge in [0, 0.05) is 20.0 Å². The van der Waals surface area contributed by atoms with Gasteiger partial charge in [-0.1, -0.05) is 15.9 Å². The highest BCUT2D eigenvalue weighted by Gasteiger charge is 2.47. The van der Waals surface area contributed by atoms with Crippen LogP contribution in [0.5, 0.6) is 0 Å². The number of halogens is 2. The SMILES string of the molecule is CC(=O)OC[C@H]1O[C@@H](n2cc(Br)c(N)nc2=O)[C@@H](Br)[C@@H]1OC(C)=O. The van der Waals surface area contributed by atoms with Gasteiger partial charge >= 0.3 is 17.6 Å². The molecule has 24 heavy (non-hydrogen) atoms. The zero-order valence-electron chi connectivity index (χ0n) is 12.8. The van der Waals surface area contributed by atoms with Gasteiger partial charge in [-0.15, -0.1) is 0 Å². The fraction of sp³-hybridized carbons (Fsp3) is 0.538. The Balaban J connectivity index is 2.31. The lowest BCUT2D eigenvalue weighted by molar-refractivity contribution is -0.155. The molecule has 1 aromatic heterocycles. The zero-order valence-corrected chi connectivity index (χ0v) is 15.9. The predicted molar refractivity (Wildman–Crippen MR) is 89.4 cm³/mol. The molecule has 132 valence electrons. The van der Waals surface area contributed by atoms with E-state index >= 15 is 0 Å². The van der Waals surface area contributed by atoms with Crippen LogP contribution in [-0.4, -0.2) is 45.1 Å². The Hall–Kier alpha value is -1.46. The molecule has 0 amide bonds. The average Bonchev–Trinajstić information content (AvgIpc) is 2.77. The molecular weight excluding hydrogens is 454 g/mol. The van der Waals surface area contributed by atoms with E-state index in [0.29, 0.717) is 4.47 Å². The number of nitrogen functional groups attached to an aromatic ring is 1. The van der Waals surface area contributed by atoms with E-state index in [0.717, 1.165) is 0 Å². The Labute approximate surface area is 153 Å². The number of carbonyl (C=O) groups excluding carboxylic acids is 2. The second-order valence-electron chi connectivity index (χ2n) is 5.05. The number of esters is 2. The topological polar surface area (TPSA) is 123 Å². The molecule has 1 saturated heterocycles. The molecule has 0 bridgehead atoms. The maximum Gasteiger partial charge on any atom is 0.351 e. The molecule has 1 aliphatic heterocycles. The number of rotatable bonds is 4. The molecule has 1 aliphatic rings. The Morgan fingerprint density at radius 2 is 2.08 bits per heavy atom. The van der Waals surface area contributed by atoms with Gasteiger partial charge < -0.3 is 19.9 Å². The van der Waals surface area contributed by atoms with Gasteiger partial charge in [-0.25, -0.2) is 4.79 Å². The van der Waals surface area contributed by atoms with Gasteiger partial charge in [0.15, 0.2) is 6.23 Å². The van der Waals surface area contributed by atoms with Crippen molar-refractivity contribution in [3.05, 3.63) is 21.2 Å². The van der Waals surface area contributed by atoms with E-state index < -0.39 is 40.9 Å². The van der Waals surface area contributed by atoms with E-state index in [-0.39, 0.29) is 12.4 Å². The molecule has 1 aromatic rings. The van der Waals surface area contributed by atoms with Crippen LogP contribution >= 0.6 is 31.9 Å². The van der Waals surface area contributed by atoms with E-state index in [2.05, 4.69) is 36.8 Å². The third-order valence-electron chi connectivity index (χ3n) is 3.23. The van der Waals surface area contributed by atoms with Crippen molar-refractivity contribution in [2.75, 3.05) is 12.3 Å². The standard InChI is InChI=1S/C13H15Br2N3O6/c1-5(19)22-4-8-10(23-6(2)20)9(15)12(24-8)18-3-7(14)11(16)17-13(18)21/h3,8-10,12H,4H2,1-2H3,(H2,16,17,21)/t8-,9+,10-,12-/m1/s1. The summed E-state index contributed by atoms with van der Waals surface area (Å²) in [5, 5.41) is 0. The maximum absolute atomic E-state index is 12.1. The molecule has 0 aromatic carbocycles. The molecule has 4 atom stereocenters.